The summed E-state index contributed by atoms with van der Waals surface area (Å²) in [5.41, 5.74) is 4.28. The van der Waals surface area contributed by atoms with Crippen LogP contribution in [0.1, 0.15) is 29.4 Å². The van der Waals surface area contributed by atoms with E-state index in [0.717, 1.165) is 30.0 Å². The van der Waals surface area contributed by atoms with E-state index in [1.165, 1.54) is 5.56 Å². The fourth-order valence-corrected chi connectivity index (χ4v) is 4.91. The van der Waals surface area contributed by atoms with Crippen molar-refractivity contribution >= 4 is 15.5 Å². The molecule has 0 spiro atoms. The Balaban J connectivity index is 1.69. The summed E-state index contributed by atoms with van der Waals surface area (Å²) in [4.78, 5) is 0. The zero-order valence-corrected chi connectivity index (χ0v) is 14.4. The van der Waals surface area contributed by atoms with Crippen LogP contribution in [0.4, 0.5) is 5.69 Å². The van der Waals surface area contributed by atoms with Gasteiger partial charge in [0.15, 0.2) is 9.84 Å². The monoisotopic (exact) mass is 333 g/mol. The van der Waals surface area contributed by atoms with Crippen LogP contribution in [-0.2, 0) is 16.3 Å². The minimum Gasteiger partial charge on any atom is -0.382 e. The molecule has 1 saturated heterocycles. The number of hydrogen-bond acceptors (Lipinski definition) is 4. The first-order chi connectivity index (χ1) is 11.0. The summed E-state index contributed by atoms with van der Waals surface area (Å²) in [6.45, 7) is 4.81. The van der Waals surface area contributed by atoms with Crippen LogP contribution in [0.15, 0.2) is 30.3 Å². The molecule has 1 fully saturated rings. The van der Waals surface area contributed by atoms with E-state index in [-0.39, 0.29) is 17.5 Å². The maximum Gasteiger partial charge on any atom is 0.152 e. The predicted molar refractivity (Wildman–Crippen MR) is 92.6 cm³/mol. The summed E-state index contributed by atoms with van der Waals surface area (Å²) in [7, 11) is -2.90. The lowest BCUT2D eigenvalue weighted by Gasteiger charge is -2.12. The van der Waals surface area contributed by atoms with Crippen molar-refractivity contribution < 1.29 is 8.42 Å². The second kappa shape index (κ2) is 6.35. The van der Waals surface area contributed by atoms with Gasteiger partial charge < -0.3 is 5.32 Å². The Morgan fingerprint density at radius 2 is 2.00 bits per heavy atom. The SMILES string of the molecule is Cc1nn(C2CCS(=O)(=O)C2)c(C)c1NCCc1ccccc1. The second-order valence-corrected chi connectivity index (χ2v) is 8.44. The van der Waals surface area contributed by atoms with Crippen molar-refractivity contribution in [3.63, 3.8) is 0 Å². The lowest BCUT2D eigenvalue weighted by Crippen LogP contribution is -2.14. The highest BCUT2D eigenvalue weighted by Gasteiger charge is 2.31. The lowest BCUT2D eigenvalue weighted by atomic mass is 10.1. The second-order valence-electron chi connectivity index (χ2n) is 6.21. The first-order valence-corrected chi connectivity index (χ1v) is 9.82. The fourth-order valence-electron chi connectivity index (χ4n) is 3.22. The van der Waals surface area contributed by atoms with Crippen molar-refractivity contribution in [3.05, 3.63) is 47.3 Å². The summed E-state index contributed by atoms with van der Waals surface area (Å²) >= 11 is 0. The molecule has 124 valence electrons. The molecule has 0 bridgehead atoms. The summed E-state index contributed by atoms with van der Waals surface area (Å²) in [5, 5.41) is 8.03. The van der Waals surface area contributed by atoms with Gasteiger partial charge in [-0.15, -0.1) is 0 Å². The molecular formula is C17H23N3O2S. The van der Waals surface area contributed by atoms with Crippen LogP contribution in [0, 0.1) is 13.8 Å². The Morgan fingerprint density at radius 3 is 2.65 bits per heavy atom. The largest absolute Gasteiger partial charge is 0.382 e. The minimum absolute atomic E-state index is 0.0247. The Morgan fingerprint density at radius 1 is 1.26 bits per heavy atom. The van der Waals surface area contributed by atoms with E-state index in [1.54, 1.807) is 0 Å². The van der Waals surface area contributed by atoms with Gasteiger partial charge in [-0.25, -0.2) is 8.42 Å². The Bertz CT molecular complexity index is 782. The maximum atomic E-state index is 11.7. The summed E-state index contributed by atoms with van der Waals surface area (Å²) < 4.78 is 25.3. The molecule has 1 N–H and O–H groups in total. The highest BCUT2D eigenvalue weighted by molar-refractivity contribution is 7.91. The third-order valence-electron chi connectivity index (χ3n) is 4.44. The van der Waals surface area contributed by atoms with E-state index in [1.807, 2.05) is 36.7 Å². The molecule has 5 nitrogen and oxygen atoms in total. The van der Waals surface area contributed by atoms with Crippen LogP contribution in [0.5, 0.6) is 0 Å². The van der Waals surface area contributed by atoms with E-state index in [0.29, 0.717) is 6.42 Å². The number of nitrogens with one attached hydrogen (secondary N) is 1. The number of sulfone groups is 1. The summed E-state index contributed by atoms with van der Waals surface area (Å²) in [6, 6.07) is 10.3. The van der Waals surface area contributed by atoms with Gasteiger partial charge >= 0.3 is 0 Å². The molecule has 6 heteroatoms. The van der Waals surface area contributed by atoms with Gasteiger partial charge in [0.1, 0.15) is 0 Å². The van der Waals surface area contributed by atoms with Crippen LogP contribution < -0.4 is 5.32 Å². The molecule has 1 aliphatic heterocycles. The molecule has 0 amide bonds. The molecule has 2 heterocycles. The van der Waals surface area contributed by atoms with E-state index in [2.05, 4.69) is 22.5 Å². The number of rotatable bonds is 5. The van der Waals surface area contributed by atoms with Crippen LogP contribution in [0.2, 0.25) is 0 Å². The van der Waals surface area contributed by atoms with Crippen LogP contribution in [0.3, 0.4) is 0 Å². The van der Waals surface area contributed by atoms with Gasteiger partial charge in [0.05, 0.1) is 34.6 Å². The zero-order chi connectivity index (χ0) is 16.4. The standard InChI is InChI=1S/C17H23N3O2S/c1-13-17(18-10-8-15-6-4-3-5-7-15)14(2)20(19-13)16-9-11-23(21,22)12-16/h3-7,16,18H,8-12H2,1-2H3. The van der Waals surface area contributed by atoms with Gasteiger partial charge in [0.2, 0.25) is 0 Å². The average Bonchev–Trinajstić information content (AvgIpc) is 3.01. The van der Waals surface area contributed by atoms with Gasteiger partial charge in [0.25, 0.3) is 0 Å². The molecule has 3 rings (SSSR count). The van der Waals surface area contributed by atoms with Crippen molar-refractivity contribution in [1.82, 2.24) is 9.78 Å². The van der Waals surface area contributed by atoms with Crippen molar-refractivity contribution in [1.29, 1.82) is 0 Å². The maximum absolute atomic E-state index is 11.7. The molecule has 1 aromatic carbocycles. The number of nitrogens with zero attached hydrogens (tertiary/aromatic N) is 2. The molecule has 23 heavy (non-hydrogen) atoms. The smallest absolute Gasteiger partial charge is 0.152 e. The van der Waals surface area contributed by atoms with Crippen molar-refractivity contribution in [3.8, 4) is 0 Å². The van der Waals surface area contributed by atoms with Crippen molar-refractivity contribution in [2.45, 2.75) is 32.7 Å². The molecule has 0 radical (unpaired) electrons. The topological polar surface area (TPSA) is 64.0 Å². The van der Waals surface area contributed by atoms with Crippen LogP contribution in [-0.4, -0.2) is 36.2 Å². The van der Waals surface area contributed by atoms with Crippen molar-refractivity contribution in [2.24, 2.45) is 0 Å². The van der Waals surface area contributed by atoms with Gasteiger partial charge in [0, 0.05) is 6.54 Å². The molecule has 1 aliphatic rings. The van der Waals surface area contributed by atoms with E-state index in [4.69, 9.17) is 0 Å². The number of aromatic nitrogens is 2. The van der Waals surface area contributed by atoms with E-state index < -0.39 is 9.84 Å². The van der Waals surface area contributed by atoms with E-state index in [9.17, 15) is 8.42 Å². The highest BCUT2D eigenvalue weighted by atomic mass is 32.2. The van der Waals surface area contributed by atoms with Gasteiger partial charge in [-0.1, -0.05) is 30.3 Å². The number of anilines is 1. The molecule has 1 aromatic heterocycles. The van der Waals surface area contributed by atoms with Gasteiger partial charge in [-0.3, -0.25) is 4.68 Å². The molecule has 2 aromatic rings. The van der Waals surface area contributed by atoms with Crippen molar-refractivity contribution in [2.75, 3.05) is 23.4 Å². The molecule has 0 saturated carbocycles. The lowest BCUT2D eigenvalue weighted by molar-refractivity contribution is 0.486. The predicted octanol–water partition coefficient (Wildman–Crippen LogP) is 2.51. The zero-order valence-electron chi connectivity index (χ0n) is 13.6. The molecule has 0 aliphatic carbocycles. The fraction of sp³-hybridized carbons (Fsp3) is 0.471. The molecule has 1 atom stereocenters. The molecular weight excluding hydrogens is 310 g/mol. The molecule has 1 unspecified atom stereocenters. The van der Waals surface area contributed by atoms with Crippen LogP contribution in [0.25, 0.3) is 0 Å². The van der Waals surface area contributed by atoms with Gasteiger partial charge in [-0.05, 0) is 32.3 Å². The Kier molecular flexibility index (Phi) is 4.43. The Hall–Kier alpha value is -1.82. The highest BCUT2D eigenvalue weighted by Crippen LogP contribution is 2.29. The first-order valence-electron chi connectivity index (χ1n) is 8.00. The van der Waals surface area contributed by atoms with Gasteiger partial charge in [-0.2, -0.15) is 5.10 Å². The normalized spacial score (nSPS) is 19.8. The number of hydrogen-bond donors (Lipinski definition) is 1. The quantitative estimate of drug-likeness (QED) is 0.913. The summed E-state index contributed by atoms with van der Waals surface area (Å²) in [5.74, 6) is 0.477. The van der Waals surface area contributed by atoms with E-state index >= 15 is 0 Å². The average molecular weight is 333 g/mol. The number of benzene rings is 1. The Labute approximate surface area is 137 Å². The minimum atomic E-state index is -2.90. The third-order valence-corrected chi connectivity index (χ3v) is 6.19. The van der Waals surface area contributed by atoms with Crippen LogP contribution >= 0.6 is 0 Å². The summed E-state index contributed by atoms with van der Waals surface area (Å²) in [6.07, 6.45) is 1.61. The third kappa shape index (κ3) is 3.58. The first kappa shape index (κ1) is 16.1. The number of aryl methyl sites for hydroxylation is 1.